The predicted molar refractivity (Wildman–Crippen MR) is 86.6 cm³/mol. The Morgan fingerprint density at radius 3 is 2.36 bits per heavy atom. The Balaban J connectivity index is 2.35. The summed E-state index contributed by atoms with van der Waals surface area (Å²) in [5.41, 5.74) is 1.25. The summed E-state index contributed by atoms with van der Waals surface area (Å²) in [6.07, 6.45) is 0.352. The van der Waals surface area contributed by atoms with Gasteiger partial charge in [0.25, 0.3) is 5.56 Å². The van der Waals surface area contributed by atoms with Gasteiger partial charge in [0.2, 0.25) is 0 Å². The number of hydrogen-bond donors (Lipinski definition) is 1. The van der Waals surface area contributed by atoms with Gasteiger partial charge in [-0.2, -0.15) is 0 Å². The molecule has 1 heterocycles. The van der Waals surface area contributed by atoms with Crippen molar-refractivity contribution in [1.29, 1.82) is 0 Å². The number of hydrogen-bond acceptors (Lipinski definition) is 3. The molecule has 1 N–H and O–H groups in total. The van der Waals surface area contributed by atoms with Gasteiger partial charge in [0.1, 0.15) is 0 Å². The van der Waals surface area contributed by atoms with Crippen molar-refractivity contribution in [2.75, 3.05) is 7.11 Å². The van der Waals surface area contributed by atoms with Crippen molar-refractivity contribution >= 4 is 10.9 Å². The molecule has 4 heteroatoms. The van der Waals surface area contributed by atoms with Crippen LogP contribution in [0.3, 0.4) is 0 Å². The molecule has 0 radical (unpaired) electrons. The van der Waals surface area contributed by atoms with Gasteiger partial charge in [-0.05, 0) is 17.7 Å². The van der Waals surface area contributed by atoms with Crippen LogP contribution in [0.25, 0.3) is 10.9 Å². The number of nitrogens with one attached hydrogen (secondary N) is 1. The Morgan fingerprint density at radius 1 is 0.955 bits per heavy atom. The van der Waals surface area contributed by atoms with Crippen molar-refractivity contribution in [2.45, 2.75) is 6.42 Å². The molecule has 0 unspecified atom stereocenters. The molecular formula is C18H15NO3. The van der Waals surface area contributed by atoms with E-state index in [1.807, 2.05) is 30.3 Å². The number of ether oxygens (including phenoxy) is 1. The van der Waals surface area contributed by atoms with Crippen LogP contribution in [-0.2, 0) is 6.42 Å². The lowest BCUT2D eigenvalue weighted by atomic mass is 10.0. The highest BCUT2D eigenvalue weighted by Crippen LogP contribution is 2.15. The second-order valence-corrected chi connectivity index (χ2v) is 5.00. The molecule has 2 aromatic carbocycles. The second-order valence-electron chi connectivity index (χ2n) is 5.00. The van der Waals surface area contributed by atoms with Gasteiger partial charge in [-0.3, -0.25) is 9.59 Å². The molecule has 0 bridgehead atoms. The van der Waals surface area contributed by atoms with Crippen LogP contribution in [0.5, 0.6) is 5.75 Å². The van der Waals surface area contributed by atoms with Crippen LogP contribution in [0.4, 0.5) is 0 Å². The van der Waals surface area contributed by atoms with Crippen LogP contribution in [0.2, 0.25) is 0 Å². The summed E-state index contributed by atoms with van der Waals surface area (Å²) in [5.74, 6) is 0.0741. The van der Waals surface area contributed by atoms with Gasteiger partial charge in [0.05, 0.1) is 18.2 Å². The zero-order valence-corrected chi connectivity index (χ0v) is 12.1. The molecule has 3 aromatic rings. The van der Waals surface area contributed by atoms with E-state index in [2.05, 4.69) is 4.98 Å². The van der Waals surface area contributed by atoms with Crippen LogP contribution in [0.1, 0.15) is 11.1 Å². The van der Waals surface area contributed by atoms with E-state index < -0.39 is 5.56 Å². The van der Waals surface area contributed by atoms with E-state index in [1.165, 1.54) is 7.11 Å². The van der Waals surface area contributed by atoms with E-state index in [4.69, 9.17) is 4.74 Å². The van der Waals surface area contributed by atoms with Crippen LogP contribution in [-0.4, -0.2) is 12.1 Å². The van der Waals surface area contributed by atoms with Crippen molar-refractivity contribution in [2.24, 2.45) is 0 Å². The third kappa shape index (κ3) is 2.51. The molecule has 110 valence electrons. The Bertz CT molecular complexity index is 930. The lowest BCUT2D eigenvalue weighted by Gasteiger charge is -2.03. The van der Waals surface area contributed by atoms with E-state index in [9.17, 15) is 9.59 Å². The van der Waals surface area contributed by atoms with Crippen LogP contribution in [0.15, 0.2) is 64.2 Å². The topological polar surface area (TPSA) is 59.2 Å². The summed E-state index contributed by atoms with van der Waals surface area (Å²) in [6.45, 7) is 0. The van der Waals surface area contributed by atoms with Gasteiger partial charge in [-0.1, -0.05) is 42.5 Å². The molecule has 0 saturated heterocycles. The summed E-state index contributed by atoms with van der Waals surface area (Å²) < 4.78 is 5.22. The summed E-state index contributed by atoms with van der Waals surface area (Å²) in [6, 6.07) is 16.5. The molecule has 3 rings (SSSR count). The van der Waals surface area contributed by atoms with Crippen molar-refractivity contribution in [3.8, 4) is 5.75 Å². The highest BCUT2D eigenvalue weighted by Gasteiger charge is 2.14. The summed E-state index contributed by atoms with van der Waals surface area (Å²) >= 11 is 0. The van der Waals surface area contributed by atoms with Gasteiger partial charge < -0.3 is 9.72 Å². The average Bonchev–Trinajstić information content (AvgIpc) is 2.64. The molecule has 0 aliphatic heterocycles. The number of aromatic nitrogens is 1. The van der Waals surface area contributed by atoms with E-state index in [0.717, 1.165) is 5.56 Å². The molecule has 0 saturated carbocycles. The number of rotatable bonds is 3. The maximum atomic E-state index is 12.8. The second kappa shape index (κ2) is 5.85. The van der Waals surface area contributed by atoms with Crippen LogP contribution < -0.4 is 15.7 Å². The van der Waals surface area contributed by atoms with Gasteiger partial charge in [0.15, 0.2) is 11.2 Å². The van der Waals surface area contributed by atoms with Gasteiger partial charge in [-0.15, -0.1) is 0 Å². The van der Waals surface area contributed by atoms with Crippen molar-refractivity contribution in [3.05, 3.63) is 86.3 Å². The summed E-state index contributed by atoms with van der Waals surface area (Å²) in [7, 11) is 1.41. The minimum absolute atomic E-state index is 0.0741. The third-order valence-electron chi connectivity index (χ3n) is 3.60. The molecular weight excluding hydrogens is 278 g/mol. The molecule has 0 aliphatic rings. The zero-order valence-electron chi connectivity index (χ0n) is 12.1. The Kier molecular flexibility index (Phi) is 3.74. The van der Waals surface area contributed by atoms with Crippen molar-refractivity contribution in [3.63, 3.8) is 0 Å². The molecule has 0 amide bonds. The Morgan fingerprint density at radius 2 is 1.64 bits per heavy atom. The minimum atomic E-state index is -0.397. The Labute approximate surface area is 127 Å². The molecule has 0 fully saturated rings. The monoisotopic (exact) mass is 293 g/mol. The minimum Gasteiger partial charge on any atom is -0.491 e. The van der Waals surface area contributed by atoms with Gasteiger partial charge >= 0.3 is 0 Å². The lowest BCUT2D eigenvalue weighted by molar-refractivity contribution is 0.405. The van der Waals surface area contributed by atoms with E-state index >= 15 is 0 Å². The smallest absolute Gasteiger partial charge is 0.291 e. The van der Waals surface area contributed by atoms with Gasteiger partial charge in [-0.25, -0.2) is 0 Å². The van der Waals surface area contributed by atoms with E-state index in [-0.39, 0.29) is 11.2 Å². The van der Waals surface area contributed by atoms with Crippen LogP contribution >= 0.6 is 0 Å². The number of fused-ring (bicyclic) bond motifs is 1. The first-order valence-corrected chi connectivity index (χ1v) is 6.97. The quantitative estimate of drug-likeness (QED) is 0.807. The lowest BCUT2D eigenvalue weighted by Crippen LogP contribution is -2.13. The molecule has 0 aliphatic carbocycles. The average molecular weight is 293 g/mol. The zero-order chi connectivity index (χ0) is 15.5. The first-order valence-electron chi connectivity index (χ1n) is 6.97. The van der Waals surface area contributed by atoms with Gasteiger partial charge in [0, 0.05) is 11.8 Å². The van der Waals surface area contributed by atoms with Crippen molar-refractivity contribution < 1.29 is 4.74 Å². The van der Waals surface area contributed by atoms with E-state index in [1.54, 1.807) is 24.3 Å². The number of H-pyrrole nitrogens is 1. The highest BCUT2D eigenvalue weighted by molar-refractivity contribution is 5.78. The SMILES string of the molecule is COc1c(Cc2ccccc2)c(=O)c2ccccc2[nH]c1=O. The first-order chi connectivity index (χ1) is 10.7. The summed E-state index contributed by atoms with van der Waals surface area (Å²) in [5, 5.41) is 0.480. The number of aromatic amines is 1. The first kappa shape index (κ1) is 14.1. The predicted octanol–water partition coefficient (Wildman–Crippen LogP) is 2.49. The van der Waals surface area contributed by atoms with Crippen molar-refractivity contribution in [1.82, 2.24) is 4.98 Å². The largest absolute Gasteiger partial charge is 0.491 e. The summed E-state index contributed by atoms with van der Waals surface area (Å²) in [4.78, 5) is 27.9. The standard InChI is InChI=1S/C18H15NO3/c1-22-17-14(11-12-7-3-2-4-8-12)16(20)13-9-5-6-10-15(13)19-18(17)21/h2-10H,11H2,1H3,(H,19,21). The fraction of sp³-hybridized carbons (Fsp3) is 0.111. The normalized spacial score (nSPS) is 10.6. The fourth-order valence-corrected chi connectivity index (χ4v) is 2.55. The molecule has 1 aromatic heterocycles. The van der Waals surface area contributed by atoms with Crippen LogP contribution in [0, 0.1) is 0 Å². The maximum absolute atomic E-state index is 12.8. The third-order valence-corrected chi connectivity index (χ3v) is 3.60. The highest BCUT2D eigenvalue weighted by atomic mass is 16.5. The number of methoxy groups -OCH3 is 1. The molecule has 0 atom stereocenters. The Hall–Kier alpha value is -2.88. The molecule has 0 spiro atoms. The number of benzene rings is 2. The number of para-hydroxylation sites is 1. The fourth-order valence-electron chi connectivity index (χ4n) is 2.55. The molecule has 4 nitrogen and oxygen atoms in total. The maximum Gasteiger partial charge on any atom is 0.291 e. The molecule has 22 heavy (non-hydrogen) atoms. The van der Waals surface area contributed by atoms with E-state index in [0.29, 0.717) is 22.9 Å².